The van der Waals surface area contributed by atoms with Crippen LogP contribution in [0.3, 0.4) is 0 Å². The van der Waals surface area contributed by atoms with E-state index < -0.39 is 10.0 Å². The molecule has 0 bridgehead atoms. The molecule has 7 heteroatoms. The number of halogens is 2. The number of nitrogens with zero attached hydrogens (tertiary/aromatic N) is 1. The molecule has 0 spiro atoms. The highest BCUT2D eigenvalue weighted by Gasteiger charge is 2.35. The number of sulfonamides is 1. The summed E-state index contributed by atoms with van der Waals surface area (Å²) in [5, 5.41) is 0.323. The average Bonchev–Trinajstić information content (AvgIpc) is 2.39. The highest BCUT2D eigenvalue weighted by atomic mass is 35.5. The first-order valence-electron chi connectivity index (χ1n) is 6.64. The van der Waals surface area contributed by atoms with Gasteiger partial charge in [0.2, 0.25) is 10.0 Å². The smallest absolute Gasteiger partial charge is 0.246 e. The molecule has 0 saturated carbocycles. The Kier molecular flexibility index (Phi) is 5.31. The zero-order valence-electron chi connectivity index (χ0n) is 11.1. The molecule has 2 rings (SSSR count). The van der Waals surface area contributed by atoms with Gasteiger partial charge in [-0.05, 0) is 37.9 Å². The zero-order chi connectivity index (χ0) is 14.8. The lowest BCUT2D eigenvalue weighted by Gasteiger charge is -2.34. The Labute approximate surface area is 129 Å². The highest BCUT2D eigenvalue weighted by molar-refractivity contribution is 7.89. The molecule has 0 aliphatic carbocycles. The van der Waals surface area contributed by atoms with Crippen LogP contribution in [0.25, 0.3) is 0 Å². The molecule has 1 aromatic rings. The monoisotopic (exact) mass is 336 g/mol. The van der Waals surface area contributed by atoms with Crippen LogP contribution in [-0.2, 0) is 10.0 Å². The first-order valence-corrected chi connectivity index (χ1v) is 8.84. The molecule has 1 aliphatic rings. The molecule has 112 valence electrons. The lowest BCUT2D eigenvalue weighted by atomic mass is 10.0. The fourth-order valence-corrected chi connectivity index (χ4v) is 5.44. The van der Waals surface area contributed by atoms with Gasteiger partial charge in [0.1, 0.15) is 4.90 Å². The Bertz CT molecular complexity index is 555. The number of hydrogen-bond acceptors (Lipinski definition) is 3. The summed E-state index contributed by atoms with van der Waals surface area (Å²) in [5.41, 5.74) is 5.59. The van der Waals surface area contributed by atoms with Crippen LogP contribution in [0.4, 0.5) is 0 Å². The van der Waals surface area contributed by atoms with Gasteiger partial charge in [-0.25, -0.2) is 8.42 Å². The second-order valence-corrected chi connectivity index (χ2v) is 7.54. The van der Waals surface area contributed by atoms with E-state index in [0.717, 1.165) is 19.3 Å². The molecule has 1 fully saturated rings. The maximum Gasteiger partial charge on any atom is 0.246 e. The van der Waals surface area contributed by atoms with Crippen LogP contribution in [0.2, 0.25) is 10.0 Å². The summed E-state index contributed by atoms with van der Waals surface area (Å²) in [5.74, 6) is 0. The van der Waals surface area contributed by atoms with Gasteiger partial charge >= 0.3 is 0 Å². The van der Waals surface area contributed by atoms with Gasteiger partial charge in [-0.3, -0.25) is 0 Å². The largest absolute Gasteiger partial charge is 0.330 e. The lowest BCUT2D eigenvalue weighted by molar-refractivity contribution is 0.243. The predicted octanol–water partition coefficient (Wildman–Crippen LogP) is 2.89. The van der Waals surface area contributed by atoms with E-state index in [0.29, 0.717) is 19.5 Å². The molecule has 1 heterocycles. The maximum absolute atomic E-state index is 12.8. The third-order valence-electron chi connectivity index (χ3n) is 3.56. The minimum Gasteiger partial charge on any atom is -0.330 e. The predicted molar refractivity (Wildman–Crippen MR) is 81.7 cm³/mol. The second kappa shape index (κ2) is 6.62. The van der Waals surface area contributed by atoms with E-state index in [2.05, 4.69) is 0 Å². The van der Waals surface area contributed by atoms with Gasteiger partial charge < -0.3 is 5.73 Å². The number of nitrogens with two attached hydrogens (primary N) is 1. The van der Waals surface area contributed by atoms with Crippen molar-refractivity contribution in [3.05, 3.63) is 28.2 Å². The standard InChI is InChI=1S/C13H18Cl2N2O2S/c14-11-5-3-6-12(15)13(11)20(18,19)17-9-2-1-4-10(17)7-8-16/h3,5-6,10H,1-2,4,7-9,16H2. The maximum atomic E-state index is 12.8. The Balaban J connectivity index is 2.42. The van der Waals surface area contributed by atoms with E-state index in [-0.39, 0.29) is 21.0 Å². The van der Waals surface area contributed by atoms with Gasteiger partial charge in [0.05, 0.1) is 10.0 Å². The van der Waals surface area contributed by atoms with E-state index in [1.54, 1.807) is 18.2 Å². The van der Waals surface area contributed by atoms with E-state index in [9.17, 15) is 8.42 Å². The van der Waals surface area contributed by atoms with Crippen molar-refractivity contribution in [2.45, 2.75) is 36.6 Å². The summed E-state index contributed by atoms with van der Waals surface area (Å²) < 4.78 is 27.2. The summed E-state index contributed by atoms with van der Waals surface area (Å²) >= 11 is 12.1. The fourth-order valence-electron chi connectivity index (χ4n) is 2.62. The van der Waals surface area contributed by atoms with Crippen molar-refractivity contribution in [1.29, 1.82) is 0 Å². The van der Waals surface area contributed by atoms with Gasteiger partial charge in [-0.1, -0.05) is 35.7 Å². The van der Waals surface area contributed by atoms with Gasteiger partial charge in [-0.15, -0.1) is 0 Å². The van der Waals surface area contributed by atoms with Crippen LogP contribution in [-0.4, -0.2) is 31.9 Å². The Morgan fingerprint density at radius 2 is 1.90 bits per heavy atom. The van der Waals surface area contributed by atoms with Crippen molar-refractivity contribution in [1.82, 2.24) is 4.31 Å². The van der Waals surface area contributed by atoms with Crippen LogP contribution in [0, 0.1) is 0 Å². The topological polar surface area (TPSA) is 63.4 Å². The molecule has 1 atom stereocenters. The summed E-state index contributed by atoms with van der Waals surface area (Å²) in [7, 11) is -3.68. The molecule has 1 saturated heterocycles. The fraction of sp³-hybridized carbons (Fsp3) is 0.538. The summed E-state index contributed by atoms with van der Waals surface area (Å²) in [6.07, 6.45) is 3.36. The van der Waals surface area contributed by atoms with Gasteiger partial charge in [0.25, 0.3) is 0 Å². The van der Waals surface area contributed by atoms with Crippen molar-refractivity contribution >= 4 is 33.2 Å². The van der Waals surface area contributed by atoms with E-state index in [4.69, 9.17) is 28.9 Å². The molecule has 2 N–H and O–H groups in total. The van der Waals surface area contributed by atoms with Gasteiger partial charge in [0.15, 0.2) is 0 Å². The van der Waals surface area contributed by atoms with Crippen molar-refractivity contribution in [3.63, 3.8) is 0 Å². The number of benzene rings is 1. The summed E-state index contributed by atoms with van der Waals surface area (Å²) in [6, 6.07) is 4.66. The molecular weight excluding hydrogens is 319 g/mol. The van der Waals surface area contributed by atoms with Gasteiger partial charge in [-0.2, -0.15) is 4.31 Å². The van der Waals surface area contributed by atoms with Crippen molar-refractivity contribution in [2.24, 2.45) is 5.73 Å². The van der Waals surface area contributed by atoms with E-state index in [1.165, 1.54) is 4.31 Å². The first-order chi connectivity index (χ1) is 9.48. The molecule has 0 radical (unpaired) electrons. The quantitative estimate of drug-likeness (QED) is 0.919. The third kappa shape index (κ3) is 3.12. The normalized spacial score (nSPS) is 21.1. The molecule has 1 aromatic carbocycles. The number of piperidine rings is 1. The second-order valence-electron chi connectivity index (χ2n) is 4.89. The number of rotatable bonds is 4. The molecule has 1 aliphatic heterocycles. The summed E-state index contributed by atoms with van der Waals surface area (Å²) in [6.45, 7) is 0.960. The highest BCUT2D eigenvalue weighted by Crippen LogP contribution is 2.34. The number of hydrogen-bond donors (Lipinski definition) is 1. The molecule has 4 nitrogen and oxygen atoms in total. The minimum atomic E-state index is -3.68. The summed E-state index contributed by atoms with van der Waals surface area (Å²) in [4.78, 5) is 0.00672. The van der Waals surface area contributed by atoms with Crippen molar-refractivity contribution in [3.8, 4) is 0 Å². The molecule has 0 amide bonds. The van der Waals surface area contributed by atoms with Crippen molar-refractivity contribution in [2.75, 3.05) is 13.1 Å². The lowest BCUT2D eigenvalue weighted by Crippen LogP contribution is -2.44. The average molecular weight is 337 g/mol. The van der Waals surface area contributed by atoms with Gasteiger partial charge in [0, 0.05) is 12.6 Å². The van der Waals surface area contributed by atoms with Crippen molar-refractivity contribution < 1.29 is 8.42 Å². The van der Waals surface area contributed by atoms with Crippen LogP contribution >= 0.6 is 23.2 Å². The minimum absolute atomic E-state index is 0.00672. The third-order valence-corrected chi connectivity index (χ3v) is 6.47. The van der Waals surface area contributed by atoms with E-state index >= 15 is 0 Å². The van der Waals surface area contributed by atoms with Crippen LogP contribution in [0.1, 0.15) is 25.7 Å². The molecular formula is C13H18Cl2N2O2S. The first kappa shape index (κ1) is 16.0. The Hall–Kier alpha value is -0.330. The Morgan fingerprint density at radius 3 is 2.50 bits per heavy atom. The molecule has 0 aromatic heterocycles. The molecule has 1 unspecified atom stereocenters. The van der Waals surface area contributed by atoms with Crippen LogP contribution in [0.5, 0.6) is 0 Å². The Morgan fingerprint density at radius 1 is 1.25 bits per heavy atom. The zero-order valence-corrected chi connectivity index (χ0v) is 13.4. The van der Waals surface area contributed by atoms with Crippen LogP contribution in [0.15, 0.2) is 23.1 Å². The van der Waals surface area contributed by atoms with E-state index in [1.807, 2.05) is 0 Å². The molecule has 20 heavy (non-hydrogen) atoms. The van der Waals surface area contributed by atoms with Crippen LogP contribution < -0.4 is 5.73 Å². The SMILES string of the molecule is NCCC1CCCCN1S(=O)(=O)c1c(Cl)cccc1Cl.